The number of hydrogen-bond acceptors (Lipinski definition) is 5. The first-order valence-electron chi connectivity index (χ1n) is 38.0. The van der Waals surface area contributed by atoms with Crippen molar-refractivity contribution < 1.29 is 65.4 Å². The van der Waals surface area contributed by atoms with Crippen molar-refractivity contribution in [2.45, 2.75) is 199 Å². The number of hydrogen-bond donors (Lipinski definition) is 1. The van der Waals surface area contributed by atoms with Crippen LogP contribution in [-0.2, 0) is 78.3 Å². The van der Waals surface area contributed by atoms with Gasteiger partial charge >= 0.3 is 0 Å². The van der Waals surface area contributed by atoms with Crippen molar-refractivity contribution in [2.75, 3.05) is 101 Å². The topological polar surface area (TPSA) is 25.0 Å². The first-order chi connectivity index (χ1) is 48.0. The predicted molar refractivity (Wildman–Crippen MR) is 465 cm³/mol. The third-order valence-electron chi connectivity index (χ3n) is 13.1. The predicted octanol–water partition coefficient (Wildman–Crippen LogP) is 27.0. The van der Waals surface area contributed by atoms with Gasteiger partial charge in [0.25, 0.3) is 0 Å². The summed E-state index contributed by atoms with van der Waals surface area (Å²) in [6.07, 6.45) is 4.87. The molecule has 0 unspecified atom stereocenters. The normalized spacial score (nSPS) is 8.91. The van der Waals surface area contributed by atoms with Gasteiger partial charge in [-0.05, 0) is 159 Å². The zero-order valence-corrected chi connectivity index (χ0v) is 79.2. The van der Waals surface area contributed by atoms with E-state index in [1.165, 1.54) is 57.3 Å². The molecule has 8 aromatic rings. The molecule has 0 saturated carbocycles. The fraction of sp³-hybridized carbons (Fsp3) is 0.484. The van der Waals surface area contributed by atoms with Gasteiger partial charge in [0, 0.05) is 70.7 Å². The van der Waals surface area contributed by atoms with E-state index in [0.717, 1.165) is 79.1 Å². The van der Waals surface area contributed by atoms with Crippen LogP contribution in [0.3, 0.4) is 0 Å². The van der Waals surface area contributed by atoms with Crippen LogP contribution in [0.1, 0.15) is 208 Å². The molecule has 0 fully saturated rings. The summed E-state index contributed by atoms with van der Waals surface area (Å²) in [5.74, 6) is 0.935. The molecule has 8 aromatic carbocycles. The Morgan fingerprint density at radius 1 is 0.317 bits per heavy atom. The maximum absolute atomic E-state index is 3.15. The average Bonchev–Trinajstić information content (AvgIpc) is 1.66. The number of alkyl halides is 1. The van der Waals surface area contributed by atoms with Gasteiger partial charge in [-0.1, -0.05) is 299 Å². The van der Waals surface area contributed by atoms with Crippen molar-refractivity contribution in [3.8, 4) is 44.5 Å². The molecule has 0 amide bonds. The summed E-state index contributed by atoms with van der Waals surface area (Å²) < 4.78 is 0. The largest absolute Gasteiger partial charge is 0.320 e. The van der Waals surface area contributed by atoms with Crippen molar-refractivity contribution in [3.63, 3.8) is 0 Å². The second-order valence-corrected chi connectivity index (χ2v) is 21.7. The summed E-state index contributed by atoms with van der Waals surface area (Å²) >= 11 is 3.15. The van der Waals surface area contributed by atoms with E-state index >= 15 is 0 Å². The quantitative estimate of drug-likeness (QED) is 0.115. The number of rotatable bonds is 9. The maximum atomic E-state index is 3.15. The first-order valence-corrected chi connectivity index (χ1v) is 39.2. The molecular formula is C93H156BrN5Y2-4. The molecule has 2 aliphatic carbocycles. The Morgan fingerprint density at radius 3 is 0.574 bits per heavy atom. The number of benzene rings is 8. The molecule has 8 heteroatoms. The van der Waals surface area contributed by atoms with Crippen LogP contribution >= 0.6 is 15.9 Å². The van der Waals surface area contributed by atoms with Gasteiger partial charge < -0.3 is 24.9 Å². The van der Waals surface area contributed by atoms with Crippen LogP contribution < -0.4 is 5.32 Å². The van der Waals surface area contributed by atoms with Crippen LogP contribution in [0.4, 0.5) is 0 Å². The van der Waals surface area contributed by atoms with Gasteiger partial charge in [-0.15, -0.1) is 24.3 Å². The number of nitrogens with zero attached hydrogens (tertiary/aromatic N) is 4. The fourth-order valence-electron chi connectivity index (χ4n) is 6.69. The summed E-state index contributed by atoms with van der Waals surface area (Å²) in [6.45, 7) is 57.0. The second kappa shape index (κ2) is 98.3. The molecule has 570 valence electrons. The van der Waals surface area contributed by atoms with Gasteiger partial charge in [0.2, 0.25) is 0 Å². The van der Waals surface area contributed by atoms with Crippen LogP contribution in [-0.4, -0.2) is 121 Å². The molecule has 0 aliphatic heterocycles. The van der Waals surface area contributed by atoms with E-state index < -0.39 is 0 Å². The van der Waals surface area contributed by atoms with E-state index in [4.69, 9.17) is 0 Å². The van der Waals surface area contributed by atoms with Crippen LogP contribution in [0.5, 0.6) is 0 Å². The van der Waals surface area contributed by atoms with Gasteiger partial charge in [-0.25, -0.2) is 22.3 Å². The molecule has 5 nitrogen and oxygen atoms in total. The number of fused-ring (bicyclic) bond motifs is 6. The number of nitrogens with one attached hydrogen (secondary N) is 1. The molecule has 0 bridgehead atoms. The van der Waals surface area contributed by atoms with Crippen LogP contribution in [0.15, 0.2) is 194 Å². The summed E-state index contributed by atoms with van der Waals surface area (Å²) in [5.41, 5.74) is 15.9. The average molecular weight is 1600 g/mol. The van der Waals surface area contributed by atoms with Crippen molar-refractivity contribution in [2.24, 2.45) is 5.92 Å². The van der Waals surface area contributed by atoms with Gasteiger partial charge in [0.1, 0.15) is 0 Å². The summed E-state index contributed by atoms with van der Waals surface area (Å²) in [4.78, 5) is 8.50. The molecule has 0 aromatic heterocycles. The second-order valence-electron chi connectivity index (χ2n) is 20.6. The summed E-state index contributed by atoms with van der Waals surface area (Å²) in [7, 11) is 18.4. The van der Waals surface area contributed by atoms with E-state index in [9.17, 15) is 0 Å². The Labute approximate surface area is 691 Å². The number of halogens is 1. The minimum absolute atomic E-state index is 0. The van der Waals surface area contributed by atoms with Gasteiger partial charge in [-0.2, -0.15) is 97.1 Å². The maximum Gasteiger partial charge on any atom is 0.000281 e. The smallest absolute Gasteiger partial charge is 0.000281 e. The molecule has 0 saturated heterocycles. The van der Waals surface area contributed by atoms with Crippen LogP contribution in [0, 0.1) is 30.2 Å². The molecule has 2 radical (unpaired) electrons. The molecule has 1 N–H and O–H groups in total. The van der Waals surface area contributed by atoms with Crippen molar-refractivity contribution >= 4 is 15.9 Å². The SMILES string of the molecule is CC.CC.CC.CC.CC.CC.CC.CC.CCBr.CCC(C)CC.CCN(C)C.CCN(C)C.CCN(C)C.CCN(C)C.CCNC.[Y].[Y].[c-]1ccccc1-c1[c-]cccc1.[c-]1ccccc1-c1[c-]cccc1.c1ccc2c(c1)Cc1ccccc1-2.c1ccc2c(c1)Cc1ccccc1-2. The van der Waals surface area contributed by atoms with Crippen molar-refractivity contribution in [3.05, 3.63) is 241 Å². The fourth-order valence-corrected chi connectivity index (χ4v) is 6.69. The van der Waals surface area contributed by atoms with Gasteiger partial charge in [0.15, 0.2) is 0 Å². The third kappa shape index (κ3) is 71.6. The van der Waals surface area contributed by atoms with Crippen LogP contribution in [0.25, 0.3) is 44.5 Å². The van der Waals surface area contributed by atoms with E-state index in [0.29, 0.717) is 0 Å². The standard InChI is InChI=1S/2C13H10.2C12H8.C6H14.4C4H11N.C3H9N.C2H5Br.8C2H6.2Y/c2*1-3-7-12-10(5-1)9-11-6-2-4-8-13(11)12;2*1-3-7-11(8-4-1)12-9-5-2-6-10-12;1-4-6(3)5-2;4*1-4-5(2)3;1-3-4-2;1-2-3;8*1-2;;/h2*1-8H,9H2;2*1-7,9H;6H,4-5H2,1-3H3;4*4H2,1-3H3;4H,3H2,1-2H3;2H2,1H3;8*1-2H3;;/q;;2*-2;;;;;;;;;;;;;;;;;. The van der Waals surface area contributed by atoms with Gasteiger partial charge in [-0.3, -0.25) is 0 Å². The molecule has 0 spiro atoms. The summed E-state index contributed by atoms with van der Waals surface area (Å²) in [6, 6.07) is 78.9. The molecular weight excluding hydrogens is 1440 g/mol. The van der Waals surface area contributed by atoms with Crippen molar-refractivity contribution in [1.29, 1.82) is 0 Å². The Kier molecular flexibility index (Phi) is 118. The van der Waals surface area contributed by atoms with E-state index in [1.54, 1.807) is 0 Å². The Bertz CT molecular complexity index is 2340. The van der Waals surface area contributed by atoms with Crippen LogP contribution in [0.2, 0.25) is 0 Å². The molecule has 2 aliphatic rings. The Hall–Kier alpha value is -3.75. The van der Waals surface area contributed by atoms with E-state index in [1.807, 2.05) is 222 Å². The molecule has 10 rings (SSSR count). The Morgan fingerprint density at radius 2 is 0.465 bits per heavy atom. The molecule has 101 heavy (non-hydrogen) atoms. The zero-order chi connectivity index (χ0) is 78.0. The monoisotopic (exact) mass is 1600 g/mol. The molecule has 0 heterocycles. The van der Waals surface area contributed by atoms with E-state index in [2.05, 4.69) is 274 Å². The zero-order valence-electron chi connectivity index (χ0n) is 71.9. The van der Waals surface area contributed by atoms with Crippen molar-refractivity contribution in [1.82, 2.24) is 24.9 Å². The van der Waals surface area contributed by atoms with Gasteiger partial charge in [0.05, 0.1) is 0 Å². The minimum atomic E-state index is 0. The first kappa shape index (κ1) is 121. The molecule has 0 atom stereocenters. The third-order valence-corrected chi connectivity index (χ3v) is 13.1. The Balaban J connectivity index is -0.0000000984. The van der Waals surface area contributed by atoms with E-state index in [-0.39, 0.29) is 65.4 Å². The minimum Gasteiger partial charge on any atom is -0.320 e. The summed E-state index contributed by atoms with van der Waals surface area (Å²) in [5, 5.41) is 3.99.